The minimum Gasteiger partial charge on any atom is -0.354 e. The van der Waals surface area contributed by atoms with Crippen LogP contribution < -0.4 is 10.5 Å². The molecule has 1 aliphatic heterocycles. The Kier molecular flexibility index (Phi) is 4.88. The molecule has 0 atom stereocenters. The number of hydrogen-bond donors (Lipinski definition) is 0. The van der Waals surface area contributed by atoms with E-state index in [1.807, 2.05) is 11.0 Å². The van der Waals surface area contributed by atoms with Crippen LogP contribution in [0.1, 0.15) is 24.2 Å². The fourth-order valence-electron chi connectivity index (χ4n) is 2.96. The van der Waals surface area contributed by atoms with Crippen LogP contribution in [-0.2, 0) is 12.7 Å². The van der Waals surface area contributed by atoms with Gasteiger partial charge in [-0.05, 0) is 18.8 Å². The van der Waals surface area contributed by atoms with Crippen LogP contribution in [0.2, 0.25) is 0 Å². The average Bonchev–Trinajstić information content (AvgIpc) is 2.63. The molecule has 0 saturated carbocycles. The van der Waals surface area contributed by atoms with Gasteiger partial charge in [0.25, 0.3) is 5.56 Å². The van der Waals surface area contributed by atoms with Gasteiger partial charge < -0.3 is 4.90 Å². The Labute approximate surface area is 146 Å². The lowest BCUT2D eigenvalue weighted by Gasteiger charge is -2.33. The van der Waals surface area contributed by atoms with Crippen LogP contribution in [0, 0.1) is 17.2 Å². The van der Waals surface area contributed by atoms with Crippen LogP contribution in [-0.4, -0.2) is 32.6 Å². The van der Waals surface area contributed by atoms with Gasteiger partial charge in [-0.1, -0.05) is 0 Å². The zero-order valence-corrected chi connectivity index (χ0v) is 13.6. The molecule has 7 nitrogen and oxygen atoms in total. The van der Waals surface area contributed by atoms with E-state index in [-0.39, 0.29) is 11.6 Å². The summed E-state index contributed by atoms with van der Waals surface area (Å²) in [5.41, 5.74) is -1.63. The summed E-state index contributed by atoms with van der Waals surface area (Å²) in [4.78, 5) is 25.4. The van der Waals surface area contributed by atoms with Crippen molar-refractivity contribution in [2.45, 2.75) is 25.6 Å². The van der Waals surface area contributed by atoms with Crippen LogP contribution in [0.5, 0.6) is 0 Å². The van der Waals surface area contributed by atoms with E-state index in [9.17, 15) is 18.0 Å². The first kappa shape index (κ1) is 17.8. The summed E-state index contributed by atoms with van der Waals surface area (Å²) in [6, 6.07) is 2.53. The molecule has 136 valence electrons. The van der Waals surface area contributed by atoms with E-state index in [4.69, 9.17) is 5.26 Å². The van der Waals surface area contributed by atoms with Gasteiger partial charge in [-0.25, -0.2) is 15.0 Å². The summed E-state index contributed by atoms with van der Waals surface area (Å²) in [5, 5.41) is 9.10. The molecule has 0 bridgehead atoms. The molecule has 10 heteroatoms. The molecule has 0 amide bonds. The van der Waals surface area contributed by atoms with Crippen molar-refractivity contribution in [2.24, 2.45) is 5.92 Å². The number of anilines is 1. The average molecular weight is 364 g/mol. The van der Waals surface area contributed by atoms with E-state index >= 15 is 0 Å². The maximum Gasteiger partial charge on any atom is 0.433 e. The largest absolute Gasteiger partial charge is 0.433 e. The van der Waals surface area contributed by atoms with Gasteiger partial charge in [0.05, 0.1) is 6.33 Å². The SMILES string of the molecule is N#Cc1nccnc1N1CCC(Cn2cnc(C(F)(F)F)cc2=O)CC1. The number of alkyl halides is 3. The first-order valence-corrected chi connectivity index (χ1v) is 7.98. The third kappa shape index (κ3) is 3.82. The van der Waals surface area contributed by atoms with Crippen molar-refractivity contribution in [2.75, 3.05) is 18.0 Å². The molecule has 2 aromatic rings. The second kappa shape index (κ2) is 7.11. The van der Waals surface area contributed by atoms with Gasteiger partial charge in [0, 0.05) is 38.1 Å². The molecular formula is C16H15F3N6O. The number of aromatic nitrogens is 4. The molecular weight excluding hydrogens is 349 g/mol. The van der Waals surface area contributed by atoms with Gasteiger partial charge in [0.1, 0.15) is 6.07 Å². The number of rotatable bonds is 3. The van der Waals surface area contributed by atoms with Crippen molar-refractivity contribution in [3.8, 4) is 6.07 Å². The Morgan fingerprint density at radius 1 is 1.19 bits per heavy atom. The van der Waals surface area contributed by atoms with Crippen molar-refractivity contribution < 1.29 is 13.2 Å². The minimum absolute atomic E-state index is 0.129. The molecule has 0 aromatic carbocycles. The highest BCUT2D eigenvalue weighted by molar-refractivity contribution is 5.49. The molecule has 1 aliphatic rings. The lowest BCUT2D eigenvalue weighted by atomic mass is 9.96. The first-order chi connectivity index (χ1) is 12.4. The van der Waals surface area contributed by atoms with Crippen molar-refractivity contribution in [1.82, 2.24) is 19.5 Å². The fraction of sp³-hybridized carbons (Fsp3) is 0.438. The predicted octanol–water partition coefficient (Wildman–Crippen LogP) is 1.84. The molecule has 0 radical (unpaired) electrons. The highest BCUT2D eigenvalue weighted by Gasteiger charge is 2.33. The number of hydrogen-bond acceptors (Lipinski definition) is 6. The Morgan fingerprint density at radius 2 is 1.88 bits per heavy atom. The highest BCUT2D eigenvalue weighted by atomic mass is 19.4. The van der Waals surface area contributed by atoms with Gasteiger partial charge >= 0.3 is 6.18 Å². The van der Waals surface area contributed by atoms with Gasteiger partial charge in [-0.2, -0.15) is 18.4 Å². The molecule has 3 heterocycles. The van der Waals surface area contributed by atoms with E-state index in [0.717, 1.165) is 19.2 Å². The number of nitriles is 1. The Morgan fingerprint density at radius 3 is 2.50 bits per heavy atom. The maximum absolute atomic E-state index is 12.6. The molecule has 0 unspecified atom stereocenters. The third-order valence-electron chi connectivity index (χ3n) is 4.32. The molecule has 0 spiro atoms. The summed E-state index contributed by atoms with van der Waals surface area (Å²) in [6.07, 6.45) is 0.741. The fourth-order valence-corrected chi connectivity index (χ4v) is 2.96. The summed E-state index contributed by atoms with van der Waals surface area (Å²) >= 11 is 0. The molecule has 0 aliphatic carbocycles. The van der Waals surface area contributed by atoms with E-state index in [2.05, 4.69) is 15.0 Å². The topological polar surface area (TPSA) is 87.7 Å². The molecule has 0 N–H and O–H groups in total. The van der Waals surface area contributed by atoms with E-state index in [1.54, 1.807) is 0 Å². The summed E-state index contributed by atoms with van der Waals surface area (Å²) in [6.45, 7) is 1.56. The van der Waals surface area contributed by atoms with Crippen LogP contribution in [0.25, 0.3) is 0 Å². The second-order valence-corrected chi connectivity index (χ2v) is 6.03. The first-order valence-electron chi connectivity index (χ1n) is 7.98. The molecule has 3 rings (SSSR count). The highest BCUT2D eigenvalue weighted by Crippen LogP contribution is 2.27. The van der Waals surface area contributed by atoms with Crippen molar-refractivity contribution in [3.05, 3.63) is 46.5 Å². The van der Waals surface area contributed by atoms with Crippen LogP contribution in [0.4, 0.5) is 19.0 Å². The Hall–Kier alpha value is -2.96. The van der Waals surface area contributed by atoms with E-state index in [1.165, 1.54) is 17.0 Å². The van der Waals surface area contributed by atoms with Gasteiger partial charge in [0.2, 0.25) is 0 Å². The van der Waals surface area contributed by atoms with Crippen LogP contribution in [0.3, 0.4) is 0 Å². The monoisotopic (exact) mass is 364 g/mol. The number of nitrogens with zero attached hydrogens (tertiary/aromatic N) is 6. The quantitative estimate of drug-likeness (QED) is 0.826. The summed E-state index contributed by atoms with van der Waals surface area (Å²) in [5.74, 6) is 0.659. The Balaban J connectivity index is 1.65. The number of piperidine rings is 1. The van der Waals surface area contributed by atoms with E-state index in [0.29, 0.717) is 31.5 Å². The molecule has 1 saturated heterocycles. The zero-order valence-electron chi connectivity index (χ0n) is 13.6. The molecule has 26 heavy (non-hydrogen) atoms. The standard InChI is InChI=1S/C16H15F3N6O/c17-16(18,19)13-7-14(26)25(10-23-13)9-11-1-5-24(6-2-11)15-12(8-20)21-3-4-22-15/h3-4,7,10-11H,1-2,5-6,9H2. The van der Waals surface area contributed by atoms with Crippen molar-refractivity contribution in [3.63, 3.8) is 0 Å². The summed E-state index contributed by atoms with van der Waals surface area (Å²) < 4.78 is 38.9. The van der Waals surface area contributed by atoms with Gasteiger partial charge in [-0.15, -0.1) is 0 Å². The zero-order chi connectivity index (χ0) is 18.7. The third-order valence-corrected chi connectivity index (χ3v) is 4.32. The second-order valence-electron chi connectivity index (χ2n) is 6.03. The number of halogens is 3. The van der Waals surface area contributed by atoms with Crippen molar-refractivity contribution in [1.29, 1.82) is 5.26 Å². The maximum atomic E-state index is 12.6. The predicted molar refractivity (Wildman–Crippen MR) is 85.2 cm³/mol. The summed E-state index contributed by atoms with van der Waals surface area (Å²) in [7, 11) is 0. The van der Waals surface area contributed by atoms with Gasteiger partial charge in [0.15, 0.2) is 17.2 Å². The smallest absolute Gasteiger partial charge is 0.354 e. The Bertz CT molecular complexity index is 881. The van der Waals surface area contributed by atoms with Crippen LogP contribution in [0.15, 0.2) is 29.6 Å². The molecule has 2 aromatic heterocycles. The van der Waals surface area contributed by atoms with Crippen molar-refractivity contribution >= 4 is 5.82 Å². The minimum atomic E-state index is -4.63. The van der Waals surface area contributed by atoms with Gasteiger partial charge in [-0.3, -0.25) is 9.36 Å². The normalized spacial score (nSPS) is 15.7. The van der Waals surface area contributed by atoms with Crippen LogP contribution >= 0.6 is 0 Å². The van der Waals surface area contributed by atoms with E-state index < -0.39 is 17.4 Å². The molecule has 1 fully saturated rings. The lowest BCUT2D eigenvalue weighted by Crippen LogP contribution is -2.37. The lowest BCUT2D eigenvalue weighted by molar-refractivity contribution is -0.141.